The predicted octanol–water partition coefficient (Wildman–Crippen LogP) is 0.860. The van der Waals surface area contributed by atoms with E-state index >= 15 is 0 Å². The Bertz CT molecular complexity index is 126. The number of carbonyl (C=O) groups excluding carboxylic acids is 1. The third kappa shape index (κ3) is 1.26. The lowest BCUT2D eigenvalue weighted by molar-refractivity contribution is -0.129. The fourth-order valence-electron chi connectivity index (χ4n) is 1.04. The first-order valence-electron chi connectivity index (χ1n) is 3.06. The molecule has 1 amide bonds. The molecule has 0 saturated carbocycles. The Balaban J connectivity index is 2.51. The van der Waals surface area contributed by atoms with Gasteiger partial charge in [-0.05, 0) is 6.42 Å². The summed E-state index contributed by atoms with van der Waals surface area (Å²) in [4.78, 5) is 12.8. The molecule has 3 heteroatoms. The van der Waals surface area contributed by atoms with Crippen LogP contribution in [0.15, 0.2) is 0 Å². The van der Waals surface area contributed by atoms with Gasteiger partial charge in [-0.3, -0.25) is 4.79 Å². The Morgan fingerprint density at radius 3 is 2.78 bits per heavy atom. The summed E-state index contributed by atoms with van der Waals surface area (Å²) in [6, 6.07) is 0. The molecule has 0 unspecified atom stereocenters. The number of likely N-dealkylation sites (tertiary alicyclic amines) is 1. The third-order valence-corrected chi connectivity index (χ3v) is 2.51. The van der Waals surface area contributed by atoms with Gasteiger partial charge in [-0.2, -0.15) is 0 Å². The molecule has 0 radical (unpaired) electrons. The zero-order valence-corrected chi connectivity index (χ0v) is 7.02. The maximum Gasteiger partial charge on any atom is 0.226 e. The summed E-state index contributed by atoms with van der Waals surface area (Å²) in [6.45, 7) is 0.926. The van der Waals surface area contributed by atoms with Crippen molar-refractivity contribution >= 4 is 21.8 Å². The van der Waals surface area contributed by atoms with Crippen molar-refractivity contribution in [3.63, 3.8) is 0 Å². The van der Waals surface area contributed by atoms with Crippen LogP contribution in [0.4, 0.5) is 0 Å². The molecule has 1 rings (SSSR count). The number of rotatable bonds is 1. The van der Waals surface area contributed by atoms with Crippen molar-refractivity contribution in [2.45, 2.75) is 6.42 Å². The molecule has 0 bridgehead atoms. The number of hydrogen-bond acceptors (Lipinski definition) is 1. The van der Waals surface area contributed by atoms with Crippen molar-refractivity contribution in [1.82, 2.24) is 4.90 Å². The van der Waals surface area contributed by atoms with Crippen LogP contribution in [0.25, 0.3) is 0 Å². The highest BCUT2D eigenvalue weighted by molar-refractivity contribution is 9.09. The lowest BCUT2D eigenvalue weighted by Gasteiger charge is -2.06. The fourth-order valence-corrected chi connectivity index (χ4v) is 1.64. The third-order valence-electron chi connectivity index (χ3n) is 1.72. The van der Waals surface area contributed by atoms with E-state index in [1.54, 1.807) is 4.90 Å². The van der Waals surface area contributed by atoms with Crippen LogP contribution in [0.1, 0.15) is 6.42 Å². The van der Waals surface area contributed by atoms with E-state index in [1.807, 2.05) is 7.05 Å². The molecule has 1 saturated heterocycles. The van der Waals surface area contributed by atoms with Gasteiger partial charge in [-0.1, -0.05) is 15.9 Å². The number of halogens is 1. The van der Waals surface area contributed by atoms with Crippen LogP contribution in [0, 0.1) is 5.92 Å². The van der Waals surface area contributed by atoms with Crippen molar-refractivity contribution in [2.75, 3.05) is 18.9 Å². The highest BCUT2D eigenvalue weighted by Crippen LogP contribution is 2.17. The van der Waals surface area contributed by atoms with Crippen LogP contribution in [0.5, 0.6) is 0 Å². The monoisotopic (exact) mass is 191 g/mol. The van der Waals surface area contributed by atoms with Gasteiger partial charge in [-0.15, -0.1) is 0 Å². The first-order chi connectivity index (χ1) is 4.25. The summed E-state index contributed by atoms with van der Waals surface area (Å²) >= 11 is 3.30. The zero-order valence-electron chi connectivity index (χ0n) is 5.43. The van der Waals surface area contributed by atoms with Gasteiger partial charge in [0.25, 0.3) is 0 Å². The van der Waals surface area contributed by atoms with E-state index in [0.717, 1.165) is 18.3 Å². The molecule has 1 fully saturated rings. The molecule has 2 nitrogen and oxygen atoms in total. The molecule has 0 spiro atoms. The van der Waals surface area contributed by atoms with Crippen LogP contribution in [0.3, 0.4) is 0 Å². The molecule has 0 aromatic heterocycles. The minimum Gasteiger partial charge on any atom is -0.345 e. The Morgan fingerprint density at radius 2 is 2.56 bits per heavy atom. The second-order valence-electron chi connectivity index (χ2n) is 2.40. The van der Waals surface area contributed by atoms with Gasteiger partial charge in [0.2, 0.25) is 5.91 Å². The SMILES string of the molecule is CN1CC[C@@H](CBr)C1=O. The van der Waals surface area contributed by atoms with Gasteiger partial charge in [0.1, 0.15) is 0 Å². The Hall–Kier alpha value is -0.0500. The molecule has 9 heavy (non-hydrogen) atoms. The smallest absolute Gasteiger partial charge is 0.226 e. The highest BCUT2D eigenvalue weighted by Gasteiger charge is 2.27. The Kier molecular flexibility index (Phi) is 2.11. The largest absolute Gasteiger partial charge is 0.345 e. The molecular weight excluding hydrogens is 182 g/mol. The molecule has 1 aliphatic heterocycles. The summed E-state index contributed by atoms with van der Waals surface area (Å²) in [6.07, 6.45) is 1.01. The maximum absolute atomic E-state index is 11.0. The van der Waals surface area contributed by atoms with E-state index in [1.165, 1.54) is 0 Å². The van der Waals surface area contributed by atoms with E-state index in [4.69, 9.17) is 0 Å². The highest BCUT2D eigenvalue weighted by atomic mass is 79.9. The average Bonchev–Trinajstić information content (AvgIpc) is 2.15. The molecule has 0 aliphatic carbocycles. The molecular formula is C6H10BrNO. The Morgan fingerprint density at radius 1 is 1.89 bits per heavy atom. The lowest BCUT2D eigenvalue weighted by atomic mass is 10.1. The standard InChI is InChI=1S/C6H10BrNO/c1-8-3-2-5(4-7)6(8)9/h5H,2-4H2,1H3/t5-/m0/s1. The molecule has 0 aromatic rings. The predicted molar refractivity (Wildman–Crippen MR) is 39.5 cm³/mol. The number of amides is 1. The minimum absolute atomic E-state index is 0.245. The van der Waals surface area contributed by atoms with Gasteiger partial charge < -0.3 is 4.90 Å². The summed E-state index contributed by atoms with van der Waals surface area (Å²) in [7, 11) is 1.85. The second-order valence-corrected chi connectivity index (χ2v) is 3.05. The van der Waals surface area contributed by atoms with Crippen molar-refractivity contribution in [1.29, 1.82) is 0 Å². The van der Waals surface area contributed by atoms with E-state index in [2.05, 4.69) is 15.9 Å². The van der Waals surface area contributed by atoms with Crippen molar-refractivity contribution in [3.8, 4) is 0 Å². The average molecular weight is 192 g/mol. The fraction of sp³-hybridized carbons (Fsp3) is 0.833. The number of nitrogens with zero attached hydrogens (tertiary/aromatic N) is 1. The minimum atomic E-state index is 0.245. The first kappa shape index (κ1) is 7.06. The van der Waals surface area contributed by atoms with Crippen molar-refractivity contribution < 1.29 is 4.79 Å². The topological polar surface area (TPSA) is 20.3 Å². The summed E-state index contributed by atoms with van der Waals surface area (Å²) in [5.74, 6) is 0.530. The van der Waals surface area contributed by atoms with E-state index in [-0.39, 0.29) is 11.8 Å². The molecule has 0 N–H and O–H groups in total. The normalized spacial score (nSPS) is 27.6. The van der Waals surface area contributed by atoms with Crippen LogP contribution < -0.4 is 0 Å². The number of alkyl halides is 1. The molecule has 1 atom stereocenters. The summed E-state index contributed by atoms with van der Waals surface area (Å²) < 4.78 is 0. The van der Waals surface area contributed by atoms with E-state index in [9.17, 15) is 4.79 Å². The second kappa shape index (κ2) is 2.69. The first-order valence-corrected chi connectivity index (χ1v) is 4.19. The quantitative estimate of drug-likeness (QED) is 0.564. The van der Waals surface area contributed by atoms with Crippen molar-refractivity contribution in [3.05, 3.63) is 0 Å². The molecule has 0 aromatic carbocycles. The van der Waals surface area contributed by atoms with Gasteiger partial charge in [0.05, 0.1) is 0 Å². The zero-order chi connectivity index (χ0) is 6.85. The van der Waals surface area contributed by atoms with Gasteiger partial charge in [-0.25, -0.2) is 0 Å². The van der Waals surface area contributed by atoms with Crippen LogP contribution in [-0.2, 0) is 4.79 Å². The Labute approximate surface area is 63.3 Å². The lowest BCUT2D eigenvalue weighted by Crippen LogP contribution is -2.22. The van der Waals surface area contributed by atoms with Gasteiger partial charge >= 0.3 is 0 Å². The van der Waals surface area contributed by atoms with Crippen molar-refractivity contribution in [2.24, 2.45) is 5.92 Å². The number of carbonyl (C=O) groups is 1. The number of hydrogen-bond donors (Lipinski definition) is 0. The van der Waals surface area contributed by atoms with E-state index in [0.29, 0.717) is 0 Å². The summed E-state index contributed by atoms with van der Waals surface area (Å²) in [5, 5.41) is 0.816. The maximum atomic E-state index is 11.0. The van der Waals surface area contributed by atoms with Gasteiger partial charge in [0.15, 0.2) is 0 Å². The molecule has 1 aliphatic rings. The van der Waals surface area contributed by atoms with E-state index < -0.39 is 0 Å². The molecule has 52 valence electrons. The summed E-state index contributed by atoms with van der Waals surface area (Å²) in [5.41, 5.74) is 0. The van der Waals surface area contributed by atoms with Crippen LogP contribution in [0.2, 0.25) is 0 Å². The van der Waals surface area contributed by atoms with Gasteiger partial charge in [0, 0.05) is 24.8 Å². The van der Waals surface area contributed by atoms with Crippen LogP contribution >= 0.6 is 15.9 Å². The molecule has 1 heterocycles. The van der Waals surface area contributed by atoms with Crippen LogP contribution in [-0.4, -0.2) is 29.7 Å².